The molecule has 0 aliphatic heterocycles. The predicted octanol–water partition coefficient (Wildman–Crippen LogP) is 3.38. The van der Waals surface area contributed by atoms with Crippen molar-refractivity contribution in [1.29, 1.82) is 0 Å². The number of para-hydroxylation sites is 1. The highest BCUT2D eigenvalue weighted by atomic mass is 19.4. The summed E-state index contributed by atoms with van der Waals surface area (Å²) >= 11 is 0. The molecule has 0 atom stereocenters. The van der Waals surface area contributed by atoms with Crippen molar-refractivity contribution in [2.24, 2.45) is 0 Å². The molecular formula is C16H16F3N5O. The summed E-state index contributed by atoms with van der Waals surface area (Å²) in [4.78, 5) is 0. The number of anilines is 1. The first-order valence-electron chi connectivity index (χ1n) is 7.48. The fraction of sp³-hybridized carbons (Fsp3) is 0.312. The summed E-state index contributed by atoms with van der Waals surface area (Å²) in [6, 6.07) is 7.38. The average Bonchev–Trinajstić information content (AvgIpc) is 3.01. The van der Waals surface area contributed by atoms with Crippen molar-refractivity contribution in [3.63, 3.8) is 0 Å². The van der Waals surface area contributed by atoms with E-state index in [4.69, 9.17) is 4.74 Å². The summed E-state index contributed by atoms with van der Waals surface area (Å²) in [6.45, 7) is 3.82. The molecule has 0 saturated carbocycles. The molecule has 9 heteroatoms. The van der Waals surface area contributed by atoms with Gasteiger partial charge in [-0.15, -0.1) is 15.3 Å². The lowest BCUT2D eigenvalue weighted by molar-refractivity contribution is -0.146. The lowest BCUT2D eigenvalue weighted by Gasteiger charge is -2.14. The van der Waals surface area contributed by atoms with Gasteiger partial charge in [0.05, 0.1) is 7.11 Å². The second-order valence-electron chi connectivity index (χ2n) is 5.52. The first-order valence-corrected chi connectivity index (χ1v) is 7.48. The van der Waals surface area contributed by atoms with Crippen molar-refractivity contribution in [3.05, 3.63) is 46.8 Å². The van der Waals surface area contributed by atoms with E-state index >= 15 is 0 Å². The van der Waals surface area contributed by atoms with Crippen LogP contribution in [0.4, 0.5) is 19.0 Å². The van der Waals surface area contributed by atoms with Crippen LogP contribution in [0, 0.1) is 13.8 Å². The number of methoxy groups -OCH3 is 1. The molecule has 132 valence electrons. The quantitative estimate of drug-likeness (QED) is 0.781. The van der Waals surface area contributed by atoms with Crippen LogP contribution in [-0.4, -0.2) is 26.9 Å². The van der Waals surface area contributed by atoms with Gasteiger partial charge < -0.3 is 10.1 Å². The van der Waals surface area contributed by atoms with Gasteiger partial charge in [0.1, 0.15) is 5.75 Å². The second kappa shape index (κ2) is 6.23. The zero-order chi connectivity index (χ0) is 18.2. The average molecular weight is 351 g/mol. The van der Waals surface area contributed by atoms with E-state index < -0.39 is 12.0 Å². The molecule has 0 fully saturated rings. The van der Waals surface area contributed by atoms with Crippen molar-refractivity contribution >= 4 is 11.5 Å². The molecule has 0 aliphatic carbocycles. The number of alkyl halides is 3. The number of hydrogen-bond donors (Lipinski definition) is 1. The smallest absolute Gasteiger partial charge is 0.453 e. The monoisotopic (exact) mass is 351 g/mol. The largest absolute Gasteiger partial charge is 0.496 e. The number of halogens is 3. The Kier molecular flexibility index (Phi) is 4.23. The normalized spacial score (nSPS) is 11.8. The minimum atomic E-state index is -4.63. The Hall–Kier alpha value is -2.84. The maximum atomic E-state index is 13.1. The maximum Gasteiger partial charge on any atom is 0.453 e. The Bertz CT molecular complexity index is 920. The molecule has 6 nitrogen and oxygen atoms in total. The third-order valence-corrected chi connectivity index (χ3v) is 3.99. The van der Waals surface area contributed by atoms with Crippen molar-refractivity contribution in [3.8, 4) is 5.75 Å². The number of rotatable bonds is 4. The minimum Gasteiger partial charge on any atom is -0.496 e. The second-order valence-corrected chi connectivity index (χ2v) is 5.52. The van der Waals surface area contributed by atoms with Crippen molar-refractivity contribution in [2.75, 3.05) is 12.4 Å². The number of fused-ring (bicyclic) bond motifs is 1. The fourth-order valence-electron chi connectivity index (χ4n) is 2.50. The molecule has 25 heavy (non-hydrogen) atoms. The highest BCUT2D eigenvalue weighted by molar-refractivity contribution is 5.58. The number of benzene rings is 1. The zero-order valence-electron chi connectivity index (χ0n) is 13.8. The molecule has 0 amide bonds. The number of nitrogens with zero attached hydrogens (tertiary/aromatic N) is 4. The molecular weight excluding hydrogens is 335 g/mol. The van der Waals surface area contributed by atoms with Crippen LogP contribution < -0.4 is 10.1 Å². The number of nitrogens with one attached hydrogen (secondary N) is 1. The Labute approximate surface area is 141 Å². The van der Waals surface area contributed by atoms with Crippen LogP contribution in [0.25, 0.3) is 5.65 Å². The minimum absolute atomic E-state index is 0.0904. The third-order valence-electron chi connectivity index (χ3n) is 3.99. The topological polar surface area (TPSA) is 64.3 Å². The van der Waals surface area contributed by atoms with E-state index in [0.29, 0.717) is 29.2 Å². The van der Waals surface area contributed by atoms with Crippen molar-refractivity contribution < 1.29 is 17.9 Å². The van der Waals surface area contributed by atoms with E-state index in [1.54, 1.807) is 21.0 Å². The summed E-state index contributed by atoms with van der Waals surface area (Å²) in [5.41, 5.74) is 2.25. The van der Waals surface area contributed by atoms with Gasteiger partial charge in [-0.1, -0.05) is 18.2 Å². The van der Waals surface area contributed by atoms with Gasteiger partial charge in [-0.25, -0.2) is 0 Å². The van der Waals surface area contributed by atoms with E-state index in [9.17, 15) is 13.2 Å². The molecule has 0 spiro atoms. The van der Waals surface area contributed by atoms with Gasteiger partial charge in [-0.05, 0) is 25.5 Å². The van der Waals surface area contributed by atoms with Gasteiger partial charge in [0.2, 0.25) is 0 Å². The summed E-state index contributed by atoms with van der Waals surface area (Å²) in [5, 5.41) is 14.0. The van der Waals surface area contributed by atoms with Crippen LogP contribution in [0.5, 0.6) is 5.75 Å². The standard InChI is InChI=1S/C16H16F3N5O/c1-9-10(2)14-21-22-15(16(17,18)19)24(14)23-13(9)20-8-11-6-4-5-7-12(11)25-3/h4-7H,8H2,1-3H3,(H,20,23). The van der Waals surface area contributed by atoms with E-state index in [0.717, 1.165) is 10.1 Å². The predicted molar refractivity (Wildman–Crippen MR) is 85.6 cm³/mol. The summed E-state index contributed by atoms with van der Waals surface area (Å²) in [7, 11) is 1.56. The molecule has 1 N–H and O–H groups in total. The van der Waals surface area contributed by atoms with E-state index in [1.807, 2.05) is 24.3 Å². The van der Waals surface area contributed by atoms with Crippen LogP contribution in [0.2, 0.25) is 0 Å². The van der Waals surface area contributed by atoms with Crippen LogP contribution in [0.1, 0.15) is 22.5 Å². The molecule has 2 heterocycles. The van der Waals surface area contributed by atoms with Crippen LogP contribution in [0.3, 0.4) is 0 Å². The zero-order valence-corrected chi connectivity index (χ0v) is 13.8. The van der Waals surface area contributed by atoms with Gasteiger partial charge >= 0.3 is 6.18 Å². The van der Waals surface area contributed by atoms with Crippen molar-refractivity contribution in [1.82, 2.24) is 19.8 Å². The number of aryl methyl sites for hydroxylation is 1. The molecule has 0 saturated heterocycles. The van der Waals surface area contributed by atoms with Gasteiger partial charge in [-0.2, -0.15) is 17.7 Å². The first-order chi connectivity index (χ1) is 11.8. The molecule has 0 radical (unpaired) electrons. The first kappa shape index (κ1) is 17.0. The van der Waals surface area contributed by atoms with Crippen LogP contribution in [0.15, 0.2) is 24.3 Å². The highest BCUT2D eigenvalue weighted by Gasteiger charge is 2.38. The third kappa shape index (κ3) is 3.09. The maximum absolute atomic E-state index is 13.1. The number of aromatic nitrogens is 4. The number of ether oxygens (including phenoxy) is 1. The Balaban J connectivity index is 2.00. The number of hydrogen-bond acceptors (Lipinski definition) is 5. The molecule has 3 aromatic rings. The molecule has 0 unspecified atom stereocenters. The van der Waals surface area contributed by atoms with Gasteiger partial charge in [0.15, 0.2) is 11.5 Å². The Morgan fingerprint density at radius 2 is 1.84 bits per heavy atom. The van der Waals surface area contributed by atoms with Gasteiger partial charge in [0.25, 0.3) is 5.82 Å². The fourth-order valence-corrected chi connectivity index (χ4v) is 2.50. The molecule has 2 aromatic heterocycles. The SMILES string of the molecule is COc1ccccc1CNc1nn2c(C(F)(F)F)nnc2c(C)c1C. The molecule has 0 aliphatic rings. The molecule has 1 aromatic carbocycles. The summed E-state index contributed by atoms with van der Waals surface area (Å²) in [6.07, 6.45) is -4.63. The van der Waals surface area contributed by atoms with E-state index in [2.05, 4.69) is 20.6 Å². The van der Waals surface area contributed by atoms with E-state index in [-0.39, 0.29) is 5.65 Å². The van der Waals surface area contributed by atoms with Gasteiger partial charge in [-0.3, -0.25) is 0 Å². The van der Waals surface area contributed by atoms with Crippen LogP contribution >= 0.6 is 0 Å². The highest BCUT2D eigenvalue weighted by Crippen LogP contribution is 2.30. The Morgan fingerprint density at radius 1 is 1.12 bits per heavy atom. The van der Waals surface area contributed by atoms with Crippen molar-refractivity contribution in [2.45, 2.75) is 26.6 Å². The summed E-state index contributed by atoms with van der Waals surface area (Å²) < 4.78 is 45.2. The van der Waals surface area contributed by atoms with E-state index in [1.165, 1.54) is 0 Å². The Morgan fingerprint density at radius 3 is 2.52 bits per heavy atom. The molecule has 3 rings (SSSR count). The lowest BCUT2D eigenvalue weighted by atomic mass is 10.1. The molecule has 0 bridgehead atoms. The van der Waals surface area contributed by atoms with Crippen LogP contribution in [-0.2, 0) is 12.7 Å². The van der Waals surface area contributed by atoms with Gasteiger partial charge in [0, 0.05) is 17.7 Å². The lowest BCUT2D eigenvalue weighted by Crippen LogP contribution is -2.15. The summed E-state index contributed by atoms with van der Waals surface area (Å²) in [5.74, 6) is -0.127.